The monoisotopic (exact) mass is 257 g/mol. The number of nitrogens with zero attached hydrogens (tertiary/aromatic N) is 1. The number of para-hydroxylation sites is 1. The van der Waals surface area contributed by atoms with Gasteiger partial charge in [0.2, 0.25) is 0 Å². The highest BCUT2D eigenvalue weighted by atomic mass is 15.0. The molecule has 102 valence electrons. The Balaban J connectivity index is 1.94. The van der Waals surface area contributed by atoms with Crippen molar-refractivity contribution in [3.05, 3.63) is 35.5 Å². The quantitative estimate of drug-likeness (QED) is 0.865. The van der Waals surface area contributed by atoms with Crippen molar-refractivity contribution in [2.75, 3.05) is 0 Å². The van der Waals surface area contributed by atoms with E-state index in [-0.39, 0.29) is 0 Å². The molecule has 0 radical (unpaired) electrons. The van der Waals surface area contributed by atoms with Gasteiger partial charge in [0, 0.05) is 37.3 Å². The number of fused-ring (bicyclic) bond motifs is 1. The molecule has 1 aliphatic carbocycles. The molecule has 3 N–H and O–H groups in total. The third-order valence-corrected chi connectivity index (χ3v) is 4.31. The van der Waals surface area contributed by atoms with Crippen LogP contribution in [0.25, 0.3) is 10.9 Å². The zero-order chi connectivity index (χ0) is 13.2. The molecule has 1 aromatic heterocycles. The summed E-state index contributed by atoms with van der Waals surface area (Å²) in [6.45, 7) is 4.77. The number of hydrogen-bond acceptors (Lipinski definition) is 2. The molecule has 1 aliphatic rings. The molecular weight excluding hydrogens is 234 g/mol. The summed E-state index contributed by atoms with van der Waals surface area (Å²) in [4.78, 5) is 0. The predicted octanol–water partition coefficient (Wildman–Crippen LogP) is 2.76. The molecule has 19 heavy (non-hydrogen) atoms. The minimum Gasteiger partial charge on any atom is -0.347 e. The summed E-state index contributed by atoms with van der Waals surface area (Å²) in [5.74, 6) is 0. The maximum Gasteiger partial charge on any atom is 0.0529 e. The molecule has 0 bridgehead atoms. The fraction of sp³-hybridized carbons (Fsp3) is 0.500. The van der Waals surface area contributed by atoms with Gasteiger partial charge < -0.3 is 15.6 Å². The molecule has 1 saturated carbocycles. The highest BCUT2D eigenvalue weighted by molar-refractivity contribution is 5.86. The molecule has 2 aromatic rings. The summed E-state index contributed by atoms with van der Waals surface area (Å²) in [5.41, 5.74) is 9.84. The fourth-order valence-electron chi connectivity index (χ4n) is 2.93. The lowest BCUT2D eigenvalue weighted by Gasteiger charge is -2.26. The van der Waals surface area contributed by atoms with E-state index in [1.807, 2.05) is 0 Å². The molecule has 0 saturated heterocycles. The lowest BCUT2D eigenvalue weighted by atomic mass is 9.93. The van der Waals surface area contributed by atoms with Crippen LogP contribution >= 0.6 is 0 Å². The van der Waals surface area contributed by atoms with E-state index in [2.05, 4.69) is 41.2 Å². The van der Waals surface area contributed by atoms with Crippen LogP contribution in [0.15, 0.2) is 24.4 Å². The normalized spacial score (nSPS) is 15.9. The van der Waals surface area contributed by atoms with Crippen LogP contribution in [0.4, 0.5) is 0 Å². The minimum absolute atomic E-state index is 0.608. The Bertz CT molecular complexity index is 567. The largest absolute Gasteiger partial charge is 0.347 e. The highest BCUT2D eigenvalue weighted by Crippen LogP contribution is 2.26. The first-order chi connectivity index (χ1) is 9.33. The van der Waals surface area contributed by atoms with Gasteiger partial charge in [-0.15, -0.1) is 0 Å². The first-order valence-electron chi connectivity index (χ1n) is 7.36. The van der Waals surface area contributed by atoms with E-state index in [0.29, 0.717) is 6.54 Å². The molecule has 3 rings (SSSR count). The molecule has 3 nitrogen and oxygen atoms in total. The smallest absolute Gasteiger partial charge is 0.0529 e. The second kappa shape index (κ2) is 5.35. The molecule has 0 atom stereocenters. The van der Waals surface area contributed by atoms with Gasteiger partial charge in [0.05, 0.1) is 5.52 Å². The van der Waals surface area contributed by atoms with Crippen LogP contribution in [0, 0.1) is 0 Å². The van der Waals surface area contributed by atoms with Gasteiger partial charge in [0.1, 0.15) is 0 Å². The molecule has 0 spiro atoms. The van der Waals surface area contributed by atoms with Crippen LogP contribution in [-0.2, 0) is 19.6 Å². The number of rotatable bonds is 5. The van der Waals surface area contributed by atoms with Gasteiger partial charge in [-0.1, -0.05) is 24.6 Å². The van der Waals surface area contributed by atoms with Gasteiger partial charge >= 0.3 is 0 Å². The average molecular weight is 257 g/mol. The fourth-order valence-corrected chi connectivity index (χ4v) is 2.93. The third kappa shape index (κ3) is 2.28. The van der Waals surface area contributed by atoms with Gasteiger partial charge in [-0.25, -0.2) is 0 Å². The second-order valence-corrected chi connectivity index (χ2v) is 5.47. The van der Waals surface area contributed by atoms with Crippen LogP contribution in [0.2, 0.25) is 0 Å². The SMILES string of the molecule is CCn1cc(CNC2CCC2)c2cccc(CN)c21. The van der Waals surface area contributed by atoms with Crippen molar-refractivity contribution in [2.45, 2.75) is 51.9 Å². The summed E-state index contributed by atoms with van der Waals surface area (Å²) >= 11 is 0. The van der Waals surface area contributed by atoms with Gasteiger partial charge in [-0.2, -0.15) is 0 Å². The number of aromatic nitrogens is 1. The molecule has 1 heterocycles. The summed E-state index contributed by atoms with van der Waals surface area (Å²) in [7, 11) is 0. The van der Waals surface area contributed by atoms with E-state index in [1.54, 1.807) is 0 Å². The van der Waals surface area contributed by atoms with Crippen molar-refractivity contribution in [3.63, 3.8) is 0 Å². The summed E-state index contributed by atoms with van der Waals surface area (Å²) < 4.78 is 2.33. The van der Waals surface area contributed by atoms with Gasteiger partial charge in [0.15, 0.2) is 0 Å². The highest BCUT2D eigenvalue weighted by Gasteiger charge is 2.17. The molecule has 1 fully saturated rings. The first-order valence-corrected chi connectivity index (χ1v) is 7.36. The Morgan fingerprint density at radius 2 is 2.16 bits per heavy atom. The number of nitrogens with two attached hydrogens (primary N) is 1. The van der Waals surface area contributed by atoms with Crippen molar-refractivity contribution < 1.29 is 0 Å². The van der Waals surface area contributed by atoms with Gasteiger partial charge in [-0.3, -0.25) is 0 Å². The Labute approximate surface area is 114 Å². The molecule has 3 heteroatoms. The Kier molecular flexibility index (Phi) is 3.58. The predicted molar refractivity (Wildman–Crippen MR) is 80.0 cm³/mol. The molecule has 0 aliphatic heterocycles. The standard InChI is InChI=1S/C16H23N3/c1-2-19-11-13(10-18-14-6-4-7-14)15-8-3-5-12(9-17)16(15)19/h3,5,8,11,14,18H,2,4,6-7,9-10,17H2,1H3. The molecule has 0 unspecified atom stereocenters. The van der Waals surface area contributed by atoms with E-state index in [4.69, 9.17) is 5.73 Å². The first kappa shape index (κ1) is 12.7. The van der Waals surface area contributed by atoms with Crippen molar-refractivity contribution >= 4 is 10.9 Å². The topological polar surface area (TPSA) is 43.0 Å². The minimum atomic E-state index is 0.608. The summed E-state index contributed by atoms with van der Waals surface area (Å²) in [5, 5.41) is 5.02. The van der Waals surface area contributed by atoms with Crippen molar-refractivity contribution in [3.8, 4) is 0 Å². The zero-order valence-corrected chi connectivity index (χ0v) is 11.7. The van der Waals surface area contributed by atoms with Crippen molar-refractivity contribution in [1.29, 1.82) is 0 Å². The summed E-state index contributed by atoms with van der Waals surface area (Å²) in [6.07, 6.45) is 6.34. The molecule has 1 aromatic carbocycles. The number of hydrogen-bond donors (Lipinski definition) is 2. The Morgan fingerprint density at radius 3 is 2.79 bits per heavy atom. The number of benzene rings is 1. The van der Waals surface area contributed by atoms with Gasteiger partial charge in [0.25, 0.3) is 0 Å². The number of aryl methyl sites for hydroxylation is 1. The zero-order valence-electron chi connectivity index (χ0n) is 11.7. The number of nitrogens with one attached hydrogen (secondary N) is 1. The van der Waals surface area contributed by atoms with Crippen LogP contribution in [0.3, 0.4) is 0 Å². The van der Waals surface area contributed by atoms with E-state index < -0.39 is 0 Å². The van der Waals surface area contributed by atoms with Crippen LogP contribution in [0.1, 0.15) is 37.3 Å². The summed E-state index contributed by atoms with van der Waals surface area (Å²) in [6, 6.07) is 7.21. The lowest BCUT2D eigenvalue weighted by Crippen LogP contribution is -2.34. The maximum atomic E-state index is 5.87. The maximum absolute atomic E-state index is 5.87. The average Bonchev–Trinajstić information content (AvgIpc) is 2.75. The van der Waals surface area contributed by atoms with Crippen molar-refractivity contribution in [1.82, 2.24) is 9.88 Å². The lowest BCUT2D eigenvalue weighted by molar-refractivity contribution is 0.338. The van der Waals surface area contributed by atoms with Crippen LogP contribution in [-0.4, -0.2) is 10.6 Å². The van der Waals surface area contributed by atoms with Crippen molar-refractivity contribution in [2.24, 2.45) is 5.73 Å². The van der Waals surface area contributed by atoms with E-state index in [9.17, 15) is 0 Å². The van der Waals surface area contributed by atoms with Crippen LogP contribution < -0.4 is 11.1 Å². The molecular formula is C16H23N3. The third-order valence-electron chi connectivity index (χ3n) is 4.31. The Hall–Kier alpha value is -1.32. The van der Waals surface area contributed by atoms with E-state index >= 15 is 0 Å². The molecule has 0 amide bonds. The van der Waals surface area contributed by atoms with E-state index in [0.717, 1.165) is 19.1 Å². The van der Waals surface area contributed by atoms with Gasteiger partial charge in [-0.05, 0) is 30.9 Å². The van der Waals surface area contributed by atoms with E-state index in [1.165, 1.54) is 41.3 Å². The Morgan fingerprint density at radius 1 is 1.32 bits per heavy atom. The van der Waals surface area contributed by atoms with Crippen LogP contribution in [0.5, 0.6) is 0 Å². The second-order valence-electron chi connectivity index (χ2n) is 5.47.